The van der Waals surface area contributed by atoms with Gasteiger partial charge in [-0.1, -0.05) is 0 Å². The third kappa shape index (κ3) is 5.69. The standard InChI is InChI=1S/C21H31BrN8O2/c1-15-18(14-30(27-15)16-5-10-28(2)11-6-16)25-20-24-13-17(22)19(26-20)23-7-3-8-29-9-4-12-32-21(29)31/h13-14,16H,3-12H2,1-2H3,(H2,23,24,25,26). The van der Waals surface area contributed by atoms with Crippen LogP contribution >= 0.6 is 15.9 Å². The smallest absolute Gasteiger partial charge is 0.409 e. The predicted molar refractivity (Wildman–Crippen MR) is 126 cm³/mol. The molecule has 0 unspecified atom stereocenters. The lowest BCUT2D eigenvalue weighted by molar-refractivity contribution is 0.0729. The Morgan fingerprint density at radius 3 is 2.88 bits per heavy atom. The number of aryl methyl sites for hydroxylation is 1. The first-order chi connectivity index (χ1) is 15.5. The van der Waals surface area contributed by atoms with Crippen molar-refractivity contribution in [2.45, 2.75) is 38.6 Å². The van der Waals surface area contributed by atoms with Crippen LogP contribution in [0.4, 0.5) is 22.2 Å². The molecular weight excluding hydrogens is 476 g/mol. The van der Waals surface area contributed by atoms with Gasteiger partial charge in [-0.05, 0) is 68.7 Å². The zero-order valence-corrected chi connectivity index (χ0v) is 20.3. The van der Waals surface area contributed by atoms with Crippen molar-refractivity contribution in [2.75, 3.05) is 57.0 Å². The van der Waals surface area contributed by atoms with E-state index in [0.29, 0.717) is 37.5 Å². The van der Waals surface area contributed by atoms with E-state index >= 15 is 0 Å². The molecule has 0 bridgehead atoms. The summed E-state index contributed by atoms with van der Waals surface area (Å²) < 4.78 is 7.94. The van der Waals surface area contributed by atoms with E-state index < -0.39 is 0 Å². The van der Waals surface area contributed by atoms with Gasteiger partial charge < -0.3 is 25.2 Å². The van der Waals surface area contributed by atoms with E-state index in [9.17, 15) is 4.79 Å². The van der Waals surface area contributed by atoms with Gasteiger partial charge in [-0.3, -0.25) is 4.68 Å². The second-order valence-corrected chi connectivity index (χ2v) is 9.25. The number of ether oxygens (including phenoxy) is 1. The molecule has 0 aromatic carbocycles. The van der Waals surface area contributed by atoms with Gasteiger partial charge in [-0.2, -0.15) is 10.1 Å². The highest BCUT2D eigenvalue weighted by Gasteiger charge is 2.21. The van der Waals surface area contributed by atoms with E-state index in [2.05, 4.69) is 59.4 Å². The van der Waals surface area contributed by atoms with Gasteiger partial charge in [-0.25, -0.2) is 9.78 Å². The van der Waals surface area contributed by atoms with Crippen molar-refractivity contribution in [3.63, 3.8) is 0 Å². The predicted octanol–water partition coefficient (Wildman–Crippen LogP) is 3.40. The van der Waals surface area contributed by atoms with E-state index in [4.69, 9.17) is 9.84 Å². The van der Waals surface area contributed by atoms with Gasteiger partial charge in [0.1, 0.15) is 5.82 Å². The van der Waals surface area contributed by atoms with Crippen molar-refractivity contribution in [3.05, 3.63) is 22.6 Å². The first-order valence-electron chi connectivity index (χ1n) is 11.2. The SMILES string of the molecule is Cc1nn(C2CCN(C)CC2)cc1Nc1ncc(Br)c(NCCCN2CCCOC2=O)n1. The van der Waals surface area contributed by atoms with Crippen LogP contribution in [-0.4, -0.2) is 82.0 Å². The lowest BCUT2D eigenvalue weighted by atomic mass is 10.1. The third-order valence-electron chi connectivity index (χ3n) is 5.92. The summed E-state index contributed by atoms with van der Waals surface area (Å²) in [6.07, 6.45) is 7.47. The fraction of sp³-hybridized carbons (Fsp3) is 0.619. The summed E-state index contributed by atoms with van der Waals surface area (Å²) in [5, 5.41) is 11.4. The van der Waals surface area contributed by atoms with Crippen LogP contribution in [0, 0.1) is 6.92 Å². The van der Waals surface area contributed by atoms with Gasteiger partial charge >= 0.3 is 6.09 Å². The fourth-order valence-electron chi connectivity index (χ4n) is 4.00. The number of nitrogens with one attached hydrogen (secondary N) is 2. The molecule has 0 atom stereocenters. The van der Waals surface area contributed by atoms with Crippen molar-refractivity contribution in [1.29, 1.82) is 0 Å². The summed E-state index contributed by atoms with van der Waals surface area (Å²) in [6, 6.07) is 0.431. The molecule has 2 N–H and O–H groups in total. The molecule has 4 rings (SSSR count). The minimum atomic E-state index is -0.220. The maximum absolute atomic E-state index is 11.7. The van der Waals surface area contributed by atoms with Crippen molar-refractivity contribution in [2.24, 2.45) is 0 Å². The second-order valence-electron chi connectivity index (χ2n) is 8.39. The number of likely N-dealkylation sites (tertiary alicyclic amines) is 1. The molecular formula is C21H31BrN8O2. The van der Waals surface area contributed by atoms with Gasteiger partial charge in [0.25, 0.3) is 0 Å². The Morgan fingerprint density at radius 2 is 2.09 bits per heavy atom. The minimum absolute atomic E-state index is 0.220. The number of cyclic esters (lactones) is 1. The Morgan fingerprint density at radius 1 is 1.28 bits per heavy atom. The van der Waals surface area contributed by atoms with E-state index in [1.165, 1.54) is 0 Å². The molecule has 2 aromatic heterocycles. The summed E-state index contributed by atoms with van der Waals surface area (Å²) in [5.41, 5.74) is 1.85. The number of amides is 1. The van der Waals surface area contributed by atoms with Crippen molar-refractivity contribution >= 4 is 39.5 Å². The Labute approximate surface area is 196 Å². The molecule has 0 saturated carbocycles. The molecule has 2 aliphatic heterocycles. The van der Waals surface area contributed by atoms with Crippen LogP contribution in [0.3, 0.4) is 0 Å². The molecule has 10 nitrogen and oxygen atoms in total. The highest BCUT2D eigenvalue weighted by atomic mass is 79.9. The molecule has 2 saturated heterocycles. The lowest BCUT2D eigenvalue weighted by Crippen LogP contribution is -2.38. The molecule has 32 heavy (non-hydrogen) atoms. The number of hydrogen-bond acceptors (Lipinski definition) is 8. The summed E-state index contributed by atoms with van der Waals surface area (Å²) in [5.74, 6) is 1.23. The summed E-state index contributed by atoms with van der Waals surface area (Å²) in [6.45, 7) is 6.81. The largest absolute Gasteiger partial charge is 0.449 e. The number of carbonyl (C=O) groups excluding carboxylic acids is 1. The zero-order valence-electron chi connectivity index (χ0n) is 18.7. The van der Waals surface area contributed by atoms with Gasteiger partial charge in [0.05, 0.1) is 28.5 Å². The van der Waals surface area contributed by atoms with Crippen molar-refractivity contribution in [1.82, 2.24) is 29.5 Å². The molecule has 0 radical (unpaired) electrons. The van der Waals surface area contributed by atoms with Crippen LogP contribution in [-0.2, 0) is 4.74 Å². The Kier molecular flexibility index (Phi) is 7.46. The molecule has 1 amide bonds. The third-order valence-corrected chi connectivity index (χ3v) is 6.50. The van der Waals surface area contributed by atoms with Gasteiger partial charge in [-0.15, -0.1) is 0 Å². The number of aromatic nitrogens is 4. The molecule has 4 heterocycles. The Balaban J connectivity index is 1.33. The van der Waals surface area contributed by atoms with E-state index in [0.717, 1.165) is 61.2 Å². The van der Waals surface area contributed by atoms with E-state index in [1.807, 2.05) is 6.92 Å². The van der Waals surface area contributed by atoms with Gasteiger partial charge in [0.15, 0.2) is 0 Å². The number of carbonyl (C=O) groups is 1. The Hall–Kier alpha value is -2.40. The van der Waals surface area contributed by atoms with Crippen LogP contribution < -0.4 is 10.6 Å². The highest BCUT2D eigenvalue weighted by molar-refractivity contribution is 9.10. The first kappa shape index (κ1) is 22.8. The van der Waals surface area contributed by atoms with Gasteiger partial charge in [0.2, 0.25) is 5.95 Å². The van der Waals surface area contributed by atoms with Crippen LogP contribution in [0.2, 0.25) is 0 Å². The summed E-state index contributed by atoms with van der Waals surface area (Å²) in [7, 11) is 2.16. The number of piperidine rings is 1. The Bertz CT molecular complexity index is 929. The van der Waals surface area contributed by atoms with E-state index in [1.54, 1.807) is 11.1 Å². The van der Waals surface area contributed by atoms with Crippen LogP contribution in [0.1, 0.15) is 37.4 Å². The zero-order chi connectivity index (χ0) is 22.5. The first-order valence-corrected chi connectivity index (χ1v) is 12.0. The second kappa shape index (κ2) is 10.5. The molecule has 2 fully saturated rings. The summed E-state index contributed by atoms with van der Waals surface area (Å²) >= 11 is 3.51. The molecule has 2 aromatic rings. The average molecular weight is 507 g/mol. The van der Waals surface area contributed by atoms with Gasteiger partial charge in [0, 0.05) is 32.0 Å². The monoisotopic (exact) mass is 506 g/mol. The molecule has 2 aliphatic rings. The van der Waals surface area contributed by atoms with Crippen LogP contribution in [0.5, 0.6) is 0 Å². The quantitative estimate of drug-likeness (QED) is 0.525. The number of hydrogen-bond donors (Lipinski definition) is 2. The molecule has 0 spiro atoms. The van der Waals surface area contributed by atoms with Crippen LogP contribution in [0.25, 0.3) is 0 Å². The number of halogens is 1. The van der Waals surface area contributed by atoms with Crippen molar-refractivity contribution < 1.29 is 9.53 Å². The summed E-state index contributed by atoms with van der Waals surface area (Å²) in [4.78, 5) is 24.8. The lowest BCUT2D eigenvalue weighted by Gasteiger charge is -2.28. The fourth-order valence-corrected chi connectivity index (χ4v) is 4.33. The topological polar surface area (TPSA) is 100 Å². The normalized spacial score (nSPS) is 18.0. The number of rotatable bonds is 8. The molecule has 0 aliphatic carbocycles. The van der Waals surface area contributed by atoms with Crippen molar-refractivity contribution in [3.8, 4) is 0 Å². The average Bonchev–Trinajstić information content (AvgIpc) is 3.15. The number of nitrogens with zero attached hydrogens (tertiary/aromatic N) is 6. The number of anilines is 3. The molecule has 11 heteroatoms. The maximum Gasteiger partial charge on any atom is 0.409 e. The highest BCUT2D eigenvalue weighted by Crippen LogP contribution is 2.26. The minimum Gasteiger partial charge on any atom is -0.449 e. The van der Waals surface area contributed by atoms with E-state index in [-0.39, 0.29) is 6.09 Å². The van der Waals surface area contributed by atoms with Crippen LogP contribution in [0.15, 0.2) is 16.9 Å². The molecule has 174 valence electrons. The maximum atomic E-state index is 11.7.